The largest absolute Gasteiger partial charge is 0.619 e. The Hall–Kier alpha value is -4.36. The van der Waals surface area contributed by atoms with Gasteiger partial charge < -0.3 is 15.1 Å². The monoisotopic (exact) mass is 424 g/mol. The third-order valence-electron chi connectivity index (χ3n) is 3.55. The van der Waals surface area contributed by atoms with Gasteiger partial charge in [-0.15, -0.1) is 0 Å². The van der Waals surface area contributed by atoms with Crippen LogP contribution in [0.2, 0.25) is 0 Å². The summed E-state index contributed by atoms with van der Waals surface area (Å²) in [5, 5.41) is 51.1. The van der Waals surface area contributed by atoms with Crippen LogP contribution in [0.4, 0.5) is 17.1 Å². The number of rotatable bonds is 6. The number of carbonyl (C=O) groups is 1. The highest BCUT2D eigenvalue weighted by atomic mass is 16.6. The summed E-state index contributed by atoms with van der Waals surface area (Å²) in [5.41, 5.74) is -2.72. The first-order valence-electron chi connectivity index (χ1n) is 8.17. The van der Waals surface area contributed by atoms with Gasteiger partial charge >= 0.3 is 17.3 Å². The van der Waals surface area contributed by atoms with E-state index in [0.717, 1.165) is 6.42 Å². The molecule has 1 N–H and O–H groups in total. The summed E-state index contributed by atoms with van der Waals surface area (Å²) in [6, 6.07) is 3.96. The van der Waals surface area contributed by atoms with E-state index in [0.29, 0.717) is 16.9 Å². The van der Waals surface area contributed by atoms with Gasteiger partial charge in [0, 0.05) is 6.07 Å². The Morgan fingerprint density at radius 1 is 1.13 bits per heavy atom. The summed E-state index contributed by atoms with van der Waals surface area (Å²) >= 11 is 0. The number of nitro groups is 3. The van der Waals surface area contributed by atoms with E-state index in [4.69, 9.17) is 9.84 Å². The zero-order valence-corrected chi connectivity index (χ0v) is 15.7. The summed E-state index contributed by atoms with van der Waals surface area (Å²) in [6.07, 6.45) is 3.16. The van der Waals surface area contributed by atoms with Crippen LogP contribution in [-0.2, 0) is 4.74 Å². The van der Waals surface area contributed by atoms with Crippen molar-refractivity contribution < 1.29 is 34.1 Å². The molecule has 1 aromatic carbocycles. The summed E-state index contributed by atoms with van der Waals surface area (Å²) < 4.78 is 5.63. The minimum absolute atomic E-state index is 0.122. The zero-order chi connectivity index (χ0) is 23.0. The Morgan fingerprint density at radius 3 is 2.07 bits per heavy atom. The molecule has 0 amide bonds. The number of nitro benzene ring substituents is 3. The van der Waals surface area contributed by atoms with E-state index in [-0.39, 0.29) is 11.7 Å². The lowest BCUT2D eigenvalue weighted by Gasteiger charge is -2.09. The van der Waals surface area contributed by atoms with Crippen molar-refractivity contribution >= 4 is 23.0 Å². The molecular formula is C16H16N4O10. The number of hydrogen-bond donors (Lipinski definition) is 1. The molecule has 0 aliphatic carbocycles. The average molecular weight is 424 g/mol. The van der Waals surface area contributed by atoms with Gasteiger partial charge in [-0.2, -0.15) is 4.73 Å². The fourth-order valence-corrected chi connectivity index (χ4v) is 1.88. The summed E-state index contributed by atoms with van der Waals surface area (Å²) in [5.74, 6) is -1.66. The molecule has 14 heteroatoms. The average Bonchev–Trinajstić information content (AvgIpc) is 2.67. The number of esters is 1. The van der Waals surface area contributed by atoms with Crippen LogP contribution in [0.1, 0.15) is 30.6 Å². The number of ether oxygens (including phenoxy) is 1. The Labute approximate surface area is 168 Å². The van der Waals surface area contributed by atoms with Gasteiger partial charge in [-0.25, -0.2) is 4.79 Å². The summed E-state index contributed by atoms with van der Waals surface area (Å²) in [6.45, 7) is 3.74. The summed E-state index contributed by atoms with van der Waals surface area (Å²) in [4.78, 5) is 39.2. The molecule has 1 unspecified atom stereocenters. The molecule has 1 aromatic heterocycles. The Bertz CT molecular complexity index is 943. The first-order chi connectivity index (χ1) is 14.0. The lowest BCUT2D eigenvalue weighted by atomic mass is 10.2. The molecule has 0 aliphatic heterocycles. The highest BCUT2D eigenvalue weighted by molar-refractivity contribution is 5.88. The number of aromatic nitrogens is 1. The van der Waals surface area contributed by atoms with E-state index in [1.807, 2.05) is 13.8 Å². The van der Waals surface area contributed by atoms with Gasteiger partial charge in [-0.1, -0.05) is 6.92 Å². The number of aromatic hydroxyl groups is 1. The maximum absolute atomic E-state index is 11.4. The Kier molecular flexibility index (Phi) is 8.10. The molecule has 2 aromatic rings. The number of nitrogens with zero attached hydrogens (tertiary/aromatic N) is 4. The highest BCUT2D eigenvalue weighted by Crippen LogP contribution is 2.38. The van der Waals surface area contributed by atoms with Crippen LogP contribution >= 0.6 is 0 Å². The third kappa shape index (κ3) is 6.36. The van der Waals surface area contributed by atoms with Gasteiger partial charge in [0.15, 0.2) is 12.4 Å². The highest BCUT2D eigenvalue weighted by Gasteiger charge is 2.30. The number of phenols is 1. The number of carbonyl (C=O) groups excluding carboxylic acids is 1. The molecule has 0 bridgehead atoms. The van der Waals surface area contributed by atoms with Gasteiger partial charge in [0.25, 0.3) is 11.4 Å². The van der Waals surface area contributed by atoms with Gasteiger partial charge in [0.1, 0.15) is 5.56 Å². The lowest BCUT2D eigenvalue weighted by Crippen LogP contribution is -2.26. The van der Waals surface area contributed by atoms with E-state index >= 15 is 0 Å². The lowest BCUT2D eigenvalue weighted by molar-refractivity contribution is -0.605. The minimum Gasteiger partial charge on any atom is -0.619 e. The molecule has 0 fully saturated rings. The van der Waals surface area contributed by atoms with Crippen LogP contribution in [0.3, 0.4) is 0 Å². The number of benzene rings is 1. The minimum atomic E-state index is -1.21. The van der Waals surface area contributed by atoms with Crippen molar-refractivity contribution in [2.24, 2.45) is 0 Å². The van der Waals surface area contributed by atoms with Gasteiger partial charge in [-0.05, 0) is 19.4 Å². The van der Waals surface area contributed by atoms with Crippen molar-refractivity contribution in [1.82, 2.24) is 0 Å². The molecule has 2 rings (SSSR count). The standard InChI is InChI=1S/C10H13NO3.C6H3N3O7/c1-3-8(2)14-10(12)9-5-4-6-11(13)7-9;10-6-4(8(13)14)1-3(7(11)12)2-5(6)9(15)16/h4-8H,3H2,1-2H3;1-2,10H. The number of non-ortho nitro benzene ring substituents is 1. The Morgan fingerprint density at radius 2 is 1.67 bits per heavy atom. The molecule has 14 nitrogen and oxygen atoms in total. The van der Waals surface area contributed by atoms with Crippen molar-refractivity contribution in [3.8, 4) is 5.75 Å². The molecule has 1 atom stereocenters. The second-order valence-corrected chi connectivity index (χ2v) is 5.68. The molecular weight excluding hydrogens is 408 g/mol. The van der Waals surface area contributed by atoms with Crippen molar-refractivity contribution in [2.45, 2.75) is 26.4 Å². The maximum atomic E-state index is 11.4. The summed E-state index contributed by atoms with van der Waals surface area (Å²) in [7, 11) is 0. The second-order valence-electron chi connectivity index (χ2n) is 5.68. The molecule has 0 spiro atoms. The van der Waals surface area contributed by atoms with Crippen LogP contribution in [0.15, 0.2) is 36.7 Å². The fraction of sp³-hybridized carbons (Fsp3) is 0.250. The predicted octanol–water partition coefficient (Wildman–Crippen LogP) is 2.39. The topological polar surface area (TPSA) is 203 Å². The fourth-order valence-electron chi connectivity index (χ4n) is 1.88. The van der Waals surface area contributed by atoms with Crippen LogP contribution < -0.4 is 4.73 Å². The van der Waals surface area contributed by atoms with Crippen LogP contribution in [0, 0.1) is 35.6 Å². The predicted molar refractivity (Wildman–Crippen MR) is 98.6 cm³/mol. The number of phenolic OH excluding ortho intramolecular Hbond substituents is 1. The molecule has 1 heterocycles. The van der Waals surface area contributed by atoms with Crippen LogP contribution in [-0.4, -0.2) is 31.9 Å². The smallest absolute Gasteiger partial charge is 0.344 e. The van der Waals surface area contributed by atoms with E-state index in [1.54, 1.807) is 6.07 Å². The van der Waals surface area contributed by atoms with E-state index in [2.05, 4.69) is 0 Å². The van der Waals surface area contributed by atoms with Crippen molar-refractivity contribution in [1.29, 1.82) is 0 Å². The van der Waals surface area contributed by atoms with Gasteiger partial charge in [0.05, 0.1) is 33.0 Å². The zero-order valence-electron chi connectivity index (χ0n) is 15.7. The molecule has 0 aliphatic rings. The SMILES string of the molecule is CCC(C)OC(=O)c1ccc[n+]([O-])c1.O=[N+]([O-])c1cc([N+](=O)[O-])c(O)c([N+](=O)[O-])c1. The second kappa shape index (κ2) is 10.3. The first kappa shape index (κ1) is 23.7. The molecule has 0 saturated heterocycles. The van der Waals surface area contributed by atoms with Gasteiger partial charge in [0.2, 0.25) is 0 Å². The van der Waals surface area contributed by atoms with Crippen molar-refractivity contribution in [3.05, 3.63) is 77.8 Å². The normalized spacial score (nSPS) is 10.9. The molecule has 0 radical (unpaired) electrons. The Balaban J connectivity index is 0.000000303. The van der Waals surface area contributed by atoms with E-state index in [1.165, 1.54) is 18.5 Å². The van der Waals surface area contributed by atoms with Crippen molar-refractivity contribution in [3.63, 3.8) is 0 Å². The number of hydrogen-bond acceptors (Lipinski definition) is 10. The maximum Gasteiger partial charge on any atom is 0.344 e. The van der Waals surface area contributed by atoms with Gasteiger partial charge in [-0.3, -0.25) is 30.3 Å². The quantitative estimate of drug-likeness (QED) is 0.236. The van der Waals surface area contributed by atoms with Crippen LogP contribution in [0.5, 0.6) is 5.75 Å². The van der Waals surface area contributed by atoms with E-state index in [9.17, 15) is 40.3 Å². The number of pyridine rings is 1. The third-order valence-corrected chi connectivity index (χ3v) is 3.55. The van der Waals surface area contributed by atoms with Crippen molar-refractivity contribution in [2.75, 3.05) is 0 Å². The first-order valence-corrected chi connectivity index (χ1v) is 8.17. The molecule has 30 heavy (non-hydrogen) atoms. The van der Waals surface area contributed by atoms with E-state index < -0.39 is 43.6 Å². The molecule has 0 saturated carbocycles. The molecule has 160 valence electrons. The van der Waals surface area contributed by atoms with Crippen LogP contribution in [0.25, 0.3) is 0 Å².